The zero-order valence-corrected chi connectivity index (χ0v) is 10.2. The van der Waals surface area contributed by atoms with E-state index in [-0.39, 0.29) is 12.4 Å². The van der Waals surface area contributed by atoms with Crippen LogP contribution in [0, 0.1) is 6.92 Å². The second kappa shape index (κ2) is 5.14. The van der Waals surface area contributed by atoms with Gasteiger partial charge in [0.05, 0.1) is 10.1 Å². The molecule has 1 N–H and O–H groups in total. The fraction of sp³-hybridized carbons (Fsp3) is 0.222. The second-order valence-corrected chi connectivity index (χ2v) is 3.41. The number of aromatic nitrogens is 3. The predicted octanol–water partition coefficient (Wildman–Crippen LogP) is -1.65. The number of anilines is 1. The van der Waals surface area contributed by atoms with Crippen molar-refractivity contribution in [2.24, 2.45) is 0 Å². The molecule has 16 heavy (non-hydrogen) atoms. The molecule has 0 saturated carbocycles. The zero-order valence-electron chi connectivity index (χ0n) is 8.74. The second-order valence-electron chi connectivity index (χ2n) is 3.00. The van der Waals surface area contributed by atoms with E-state index in [9.17, 15) is 0 Å². The van der Waals surface area contributed by atoms with Crippen molar-refractivity contribution < 1.29 is 21.7 Å². The van der Waals surface area contributed by atoms with Crippen LogP contribution in [0.15, 0.2) is 22.7 Å². The van der Waals surface area contributed by atoms with Crippen molar-refractivity contribution in [3.8, 4) is 5.69 Å². The Morgan fingerprint density at radius 3 is 2.81 bits per heavy atom. The van der Waals surface area contributed by atoms with Crippen molar-refractivity contribution in [3.63, 3.8) is 0 Å². The monoisotopic (exact) mass is 260 g/mol. The molecule has 1 aromatic heterocycles. The molecule has 0 fully saturated rings. The van der Waals surface area contributed by atoms with Gasteiger partial charge in [0.2, 0.25) is 5.27 Å². The van der Waals surface area contributed by atoms with Gasteiger partial charge in [-0.2, -0.15) is 0 Å². The first-order chi connectivity index (χ1) is 7.22. The Bertz CT molecular complexity index is 486. The van der Waals surface area contributed by atoms with Gasteiger partial charge in [0.15, 0.2) is 0 Å². The molecule has 0 saturated heterocycles. The average molecular weight is 261 g/mol. The van der Waals surface area contributed by atoms with E-state index in [0.29, 0.717) is 11.0 Å². The van der Waals surface area contributed by atoms with Crippen LogP contribution in [0.5, 0.6) is 0 Å². The summed E-state index contributed by atoms with van der Waals surface area (Å²) < 4.78 is 4.91. The van der Waals surface area contributed by atoms with Crippen LogP contribution in [0.4, 0.5) is 6.01 Å². The molecule has 0 bridgehead atoms. The molecular formula is C9H10Cl2N4O. The molecule has 1 aromatic carbocycles. The fourth-order valence-corrected chi connectivity index (χ4v) is 1.38. The maximum Gasteiger partial charge on any atom is 0.389 e. The fourth-order valence-electron chi connectivity index (χ4n) is 1.21. The van der Waals surface area contributed by atoms with Crippen LogP contribution in [0.25, 0.3) is 5.69 Å². The number of hydrogen-bond acceptors (Lipinski definition) is 4. The molecule has 0 unspecified atom stereocenters. The molecule has 5 nitrogen and oxygen atoms in total. The molecule has 0 radical (unpaired) electrons. The SMILES string of the molecule is CNc1n[n+](-c2cccc(Cl)c2C)no1.[Cl-]. The molecule has 2 aromatic rings. The summed E-state index contributed by atoms with van der Waals surface area (Å²) in [5.74, 6) is 0. The molecule has 1 heterocycles. The first-order valence-corrected chi connectivity index (χ1v) is 4.79. The summed E-state index contributed by atoms with van der Waals surface area (Å²) in [5, 5.41) is 11.3. The van der Waals surface area contributed by atoms with E-state index in [1.54, 1.807) is 7.05 Å². The highest BCUT2D eigenvalue weighted by Gasteiger charge is 2.20. The van der Waals surface area contributed by atoms with Crippen LogP contribution in [0.2, 0.25) is 5.02 Å². The van der Waals surface area contributed by atoms with E-state index in [4.69, 9.17) is 16.1 Å². The Balaban J connectivity index is 0.00000128. The Kier molecular flexibility index (Phi) is 4.09. The largest absolute Gasteiger partial charge is 1.00 e. The number of benzene rings is 1. The van der Waals surface area contributed by atoms with Crippen LogP contribution in [0.3, 0.4) is 0 Å². The molecule has 0 spiro atoms. The summed E-state index contributed by atoms with van der Waals surface area (Å²) in [6.07, 6.45) is 0. The zero-order chi connectivity index (χ0) is 10.8. The lowest BCUT2D eigenvalue weighted by molar-refractivity contribution is -0.725. The topological polar surface area (TPSA) is 54.8 Å². The minimum atomic E-state index is 0. The Hall–Kier alpha value is -1.33. The van der Waals surface area contributed by atoms with Crippen LogP contribution in [-0.4, -0.2) is 17.4 Å². The summed E-state index contributed by atoms with van der Waals surface area (Å²) >= 11 is 5.99. The summed E-state index contributed by atoms with van der Waals surface area (Å²) in [5.41, 5.74) is 1.71. The molecular weight excluding hydrogens is 251 g/mol. The highest BCUT2D eigenvalue weighted by atomic mass is 35.5. The van der Waals surface area contributed by atoms with Crippen LogP contribution >= 0.6 is 11.6 Å². The van der Waals surface area contributed by atoms with Crippen LogP contribution in [0.1, 0.15) is 5.56 Å². The first-order valence-electron chi connectivity index (χ1n) is 4.42. The molecule has 0 amide bonds. The molecule has 0 aliphatic heterocycles. The van der Waals surface area contributed by atoms with E-state index < -0.39 is 0 Å². The number of nitrogens with one attached hydrogen (secondary N) is 1. The molecule has 2 rings (SSSR count). The lowest BCUT2D eigenvalue weighted by Gasteiger charge is -1.94. The van der Waals surface area contributed by atoms with Crippen molar-refractivity contribution in [3.05, 3.63) is 28.8 Å². The van der Waals surface area contributed by atoms with Gasteiger partial charge < -0.3 is 17.7 Å². The standard InChI is InChI=1S/C9H10ClN4O.ClH/c1-6-7(10)4-3-5-8(6)14-12-9(11-2)15-13-14;/h3-5H,1-2H3,(H,11,12,13);1H/q+1;/p-1. The van der Waals surface area contributed by atoms with Crippen LogP contribution < -0.4 is 22.5 Å². The van der Waals surface area contributed by atoms with Crippen molar-refractivity contribution >= 4 is 17.6 Å². The smallest absolute Gasteiger partial charge is 0.389 e. The van der Waals surface area contributed by atoms with E-state index in [2.05, 4.69) is 15.7 Å². The molecule has 0 atom stereocenters. The van der Waals surface area contributed by atoms with E-state index in [0.717, 1.165) is 11.3 Å². The molecule has 86 valence electrons. The minimum absolute atomic E-state index is 0. The van der Waals surface area contributed by atoms with Gasteiger partial charge in [0.25, 0.3) is 5.69 Å². The Morgan fingerprint density at radius 2 is 2.19 bits per heavy atom. The quantitative estimate of drug-likeness (QED) is 0.658. The van der Waals surface area contributed by atoms with Crippen LogP contribution in [-0.2, 0) is 0 Å². The highest BCUT2D eigenvalue weighted by molar-refractivity contribution is 6.31. The predicted molar refractivity (Wildman–Crippen MR) is 55.1 cm³/mol. The van der Waals surface area contributed by atoms with Gasteiger partial charge in [0.1, 0.15) is 4.80 Å². The normalized spacial score (nSPS) is 9.69. The Labute approximate surface area is 104 Å². The maximum atomic E-state index is 5.99. The van der Waals surface area contributed by atoms with Gasteiger partial charge in [-0.05, 0) is 13.0 Å². The number of nitrogens with zero attached hydrogens (tertiary/aromatic N) is 3. The van der Waals surface area contributed by atoms with Crippen molar-refractivity contribution in [2.45, 2.75) is 6.92 Å². The van der Waals surface area contributed by atoms with Gasteiger partial charge in [-0.3, -0.25) is 4.52 Å². The molecule has 0 aliphatic rings. The van der Waals surface area contributed by atoms with Gasteiger partial charge in [-0.1, -0.05) is 17.7 Å². The van der Waals surface area contributed by atoms with Crippen molar-refractivity contribution in [1.82, 2.24) is 10.4 Å². The average Bonchev–Trinajstić information content (AvgIpc) is 2.70. The van der Waals surface area contributed by atoms with E-state index in [1.807, 2.05) is 25.1 Å². The third kappa shape index (κ3) is 2.25. The summed E-state index contributed by atoms with van der Waals surface area (Å²) in [7, 11) is 1.71. The third-order valence-electron chi connectivity index (χ3n) is 2.06. The van der Waals surface area contributed by atoms with E-state index in [1.165, 1.54) is 4.80 Å². The molecule has 0 aliphatic carbocycles. The van der Waals surface area contributed by atoms with Gasteiger partial charge in [-0.15, -0.1) is 0 Å². The number of halogens is 2. The van der Waals surface area contributed by atoms with Crippen molar-refractivity contribution in [1.29, 1.82) is 0 Å². The highest BCUT2D eigenvalue weighted by Crippen LogP contribution is 2.18. The number of hydrogen-bond donors (Lipinski definition) is 1. The first kappa shape index (κ1) is 12.7. The summed E-state index contributed by atoms with van der Waals surface area (Å²) in [4.78, 5) is 1.40. The van der Waals surface area contributed by atoms with Gasteiger partial charge in [-0.25, -0.2) is 0 Å². The summed E-state index contributed by atoms with van der Waals surface area (Å²) in [6, 6.07) is 5.89. The lowest BCUT2D eigenvalue weighted by Crippen LogP contribution is -3.00. The third-order valence-corrected chi connectivity index (χ3v) is 2.47. The Morgan fingerprint density at radius 1 is 1.44 bits per heavy atom. The van der Waals surface area contributed by atoms with Gasteiger partial charge in [0, 0.05) is 18.7 Å². The van der Waals surface area contributed by atoms with Crippen molar-refractivity contribution in [2.75, 3.05) is 12.4 Å². The lowest BCUT2D eigenvalue weighted by atomic mass is 10.2. The van der Waals surface area contributed by atoms with Gasteiger partial charge >= 0.3 is 6.01 Å². The molecule has 7 heteroatoms. The number of rotatable bonds is 2. The minimum Gasteiger partial charge on any atom is -1.00 e. The maximum absolute atomic E-state index is 5.99. The van der Waals surface area contributed by atoms with E-state index >= 15 is 0 Å². The summed E-state index contributed by atoms with van der Waals surface area (Å²) in [6.45, 7) is 1.90.